The molecule has 0 amide bonds. The summed E-state index contributed by atoms with van der Waals surface area (Å²) in [7, 11) is 0. The molecule has 0 unspecified atom stereocenters. The second-order valence-electron chi connectivity index (χ2n) is 22.6. The fourth-order valence-corrected chi connectivity index (χ4v) is 15.8. The van der Waals surface area contributed by atoms with Gasteiger partial charge in [-0.05, 0) is 167 Å². The number of aliphatic carboxylic acids is 1. The van der Waals surface area contributed by atoms with E-state index in [1.54, 1.807) is 17.4 Å². The quantitative estimate of drug-likeness (QED) is 0.0288. The number of fused-ring (bicyclic) bond motifs is 6. The van der Waals surface area contributed by atoms with E-state index in [9.17, 15) is 15.2 Å². The number of carbonyl (C=O) groups is 1. The molecule has 0 aliphatic heterocycles. The minimum Gasteiger partial charge on any atom is -0.477 e. The number of aryl methyl sites for hydroxylation is 2. The van der Waals surface area contributed by atoms with Crippen molar-refractivity contribution in [2.24, 2.45) is 0 Å². The van der Waals surface area contributed by atoms with Gasteiger partial charge in [0.05, 0.1) is 0 Å². The van der Waals surface area contributed by atoms with Crippen molar-refractivity contribution in [2.45, 2.75) is 194 Å². The van der Waals surface area contributed by atoms with E-state index in [1.165, 1.54) is 171 Å². The van der Waals surface area contributed by atoms with Crippen molar-refractivity contribution in [3.8, 4) is 48.5 Å². The van der Waals surface area contributed by atoms with Crippen molar-refractivity contribution in [3.05, 3.63) is 165 Å². The second-order valence-corrected chi connectivity index (χ2v) is 24.7. The van der Waals surface area contributed by atoms with E-state index in [0.29, 0.717) is 0 Å². The summed E-state index contributed by atoms with van der Waals surface area (Å²) in [6, 6.07) is 49.5. The van der Waals surface area contributed by atoms with E-state index >= 15 is 0 Å². The lowest BCUT2D eigenvalue weighted by atomic mass is 9.70. The summed E-state index contributed by atoms with van der Waals surface area (Å²) in [5, 5.41) is 19.5. The number of rotatable bonds is 29. The van der Waals surface area contributed by atoms with Crippen LogP contribution in [0.3, 0.4) is 0 Å². The smallest absolute Gasteiger partial charge is 0.346 e. The molecule has 6 heteroatoms. The average molecular weight is 1070 g/mol. The number of hydrogen-bond acceptors (Lipinski definition) is 5. The maximum absolute atomic E-state index is 12.0. The van der Waals surface area contributed by atoms with Gasteiger partial charge in [0.15, 0.2) is 0 Å². The Balaban J connectivity index is 1.20. The maximum Gasteiger partial charge on any atom is 0.346 e. The Morgan fingerprint density at radius 2 is 0.949 bits per heavy atom. The molecule has 0 saturated heterocycles. The molecule has 0 saturated carbocycles. The standard InChI is InChI=1S/C72H84N2O2S2/c1-7-13-19-21-27-52-45-58(46-54(50-73)70(75)76)77-69(52)67-47-53(28-22-20-14-8-2)68(78-67)51-33-35-55(36-34-51)74(56-37-39-61-59-29-23-25-31-63(59)71(41-15-9-3,42-16-10-4)65(61)48-56)57-38-40-62-60-30-24-26-32-64(60)72(43-17-11-5,44-18-12-6)66(62)49-57/h23-26,29-40,45-49H,7-22,27-28,41-44H2,1-6H3,(H,75,76). The zero-order valence-electron chi connectivity index (χ0n) is 47.7. The summed E-state index contributed by atoms with van der Waals surface area (Å²) in [6.07, 6.45) is 26.9. The number of benzene rings is 5. The summed E-state index contributed by atoms with van der Waals surface area (Å²) >= 11 is 3.50. The minimum absolute atomic E-state index is 0.0355. The predicted molar refractivity (Wildman–Crippen MR) is 335 cm³/mol. The molecule has 0 atom stereocenters. The Morgan fingerprint density at radius 1 is 0.500 bits per heavy atom. The Hall–Kier alpha value is -6.00. The minimum atomic E-state index is -1.19. The first-order chi connectivity index (χ1) is 38.2. The van der Waals surface area contributed by atoms with Crippen LogP contribution in [0.2, 0.25) is 0 Å². The zero-order chi connectivity index (χ0) is 54.7. The van der Waals surface area contributed by atoms with Gasteiger partial charge in [-0.2, -0.15) is 5.26 Å². The molecule has 0 bridgehead atoms. The molecule has 1 N–H and O–H groups in total. The number of carboxylic acids is 1. The van der Waals surface area contributed by atoms with Crippen molar-refractivity contribution in [3.63, 3.8) is 0 Å². The van der Waals surface area contributed by atoms with Crippen molar-refractivity contribution >= 4 is 51.8 Å². The average Bonchev–Trinajstić information content (AvgIpc) is 4.40. The molecule has 9 rings (SSSR count). The highest BCUT2D eigenvalue weighted by atomic mass is 32.1. The highest BCUT2D eigenvalue weighted by Gasteiger charge is 2.44. The van der Waals surface area contributed by atoms with Gasteiger partial charge in [-0.25, -0.2) is 4.79 Å². The van der Waals surface area contributed by atoms with Gasteiger partial charge in [0.2, 0.25) is 0 Å². The first kappa shape index (κ1) is 56.7. The fraction of sp³-hybridized carbons (Fsp3) is 0.417. The molecule has 0 radical (unpaired) electrons. The van der Waals surface area contributed by atoms with E-state index in [-0.39, 0.29) is 16.4 Å². The van der Waals surface area contributed by atoms with Gasteiger partial charge in [-0.1, -0.05) is 204 Å². The highest BCUT2D eigenvalue weighted by Crippen LogP contribution is 2.58. The first-order valence-corrected chi connectivity index (χ1v) is 31.8. The maximum atomic E-state index is 12.0. The van der Waals surface area contributed by atoms with Crippen LogP contribution in [0.4, 0.5) is 17.1 Å². The molecule has 2 aliphatic carbocycles. The number of anilines is 3. The summed E-state index contributed by atoms with van der Waals surface area (Å²) < 4.78 is 0. The van der Waals surface area contributed by atoms with Gasteiger partial charge >= 0.3 is 5.97 Å². The van der Waals surface area contributed by atoms with Gasteiger partial charge < -0.3 is 10.0 Å². The Kier molecular flexibility index (Phi) is 19.1. The lowest BCUT2D eigenvalue weighted by molar-refractivity contribution is -0.132. The van der Waals surface area contributed by atoms with Crippen LogP contribution in [0, 0.1) is 11.3 Å². The Morgan fingerprint density at radius 3 is 1.41 bits per heavy atom. The van der Waals surface area contributed by atoms with E-state index < -0.39 is 5.97 Å². The molecule has 7 aromatic rings. The molecule has 0 spiro atoms. The molecule has 5 aromatic carbocycles. The van der Waals surface area contributed by atoms with Crippen LogP contribution in [0.15, 0.2) is 127 Å². The number of thiophene rings is 2. The van der Waals surface area contributed by atoms with Gasteiger partial charge in [0.25, 0.3) is 0 Å². The van der Waals surface area contributed by atoms with Crippen molar-refractivity contribution in [1.29, 1.82) is 5.26 Å². The second kappa shape index (κ2) is 26.3. The molecule has 2 aliphatic rings. The van der Waals surface area contributed by atoms with Crippen LogP contribution in [0.25, 0.3) is 48.5 Å². The largest absolute Gasteiger partial charge is 0.477 e. The number of unbranched alkanes of at least 4 members (excludes halogenated alkanes) is 10. The summed E-state index contributed by atoms with van der Waals surface area (Å²) in [5.41, 5.74) is 18.7. The summed E-state index contributed by atoms with van der Waals surface area (Å²) in [5.74, 6) is -1.19. The van der Waals surface area contributed by atoms with Crippen LogP contribution in [-0.4, -0.2) is 11.1 Å². The first-order valence-electron chi connectivity index (χ1n) is 30.2. The third-order valence-corrected chi connectivity index (χ3v) is 19.9. The van der Waals surface area contributed by atoms with Crippen molar-refractivity contribution in [1.82, 2.24) is 0 Å². The monoisotopic (exact) mass is 1070 g/mol. The molecule has 4 nitrogen and oxygen atoms in total. The van der Waals surface area contributed by atoms with E-state index in [1.807, 2.05) is 17.4 Å². The van der Waals surface area contributed by atoms with Crippen LogP contribution in [0.5, 0.6) is 0 Å². The van der Waals surface area contributed by atoms with E-state index in [2.05, 4.69) is 168 Å². The predicted octanol–water partition coefficient (Wildman–Crippen LogP) is 22.1. The van der Waals surface area contributed by atoms with Crippen molar-refractivity contribution < 1.29 is 9.90 Å². The van der Waals surface area contributed by atoms with Gasteiger partial charge in [0, 0.05) is 47.4 Å². The molecule has 0 fully saturated rings. The molecule has 406 valence electrons. The van der Waals surface area contributed by atoms with E-state index in [0.717, 1.165) is 68.4 Å². The summed E-state index contributed by atoms with van der Waals surface area (Å²) in [4.78, 5) is 19.1. The van der Waals surface area contributed by atoms with Gasteiger partial charge in [-0.3, -0.25) is 0 Å². The number of carboxylic acid groups (broad SMARTS) is 1. The van der Waals surface area contributed by atoms with E-state index in [4.69, 9.17) is 0 Å². The number of nitrogens with zero attached hydrogens (tertiary/aromatic N) is 2. The van der Waals surface area contributed by atoms with Gasteiger partial charge in [0.1, 0.15) is 11.6 Å². The number of nitriles is 1. The lowest BCUT2D eigenvalue weighted by Gasteiger charge is -2.35. The fourth-order valence-electron chi connectivity index (χ4n) is 13.3. The third kappa shape index (κ3) is 11.5. The van der Waals surface area contributed by atoms with Crippen molar-refractivity contribution in [2.75, 3.05) is 4.90 Å². The molecular formula is C72H84N2O2S2. The Bertz CT molecular complexity index is 3100. The molecule has 2 heterocycles. The molecule has 2 aromatic heterocycles. The zero-order valence-corrected chi connectivity index (χ0v) is 49.4. The topological polar surface area (TPSA) is 64.3 Å². The number of hydrogen-bond donors (Lipinski definition) is 1. The van der Waals surface area contributed by atoms with Gasteiger partial charge in [-0.15, -0.1) is 22.7 Å². The van der Waals surface area contributed by atoms with Crippen LogP contribution < -0.4 is 4.90 Å². The molecule has 78 heavy (non-hydrogen) atoms. The normalized spacial score (nSPS) is 13.7. The lowest BCUT2D eigenvalue weighted by Crippen LogP contribution is -2.26. The highest BCUT2D eigenvalue weighted by molar-refractivity contribution is 7.24. The molecular weight excluding hydrogens is 989 g/mol. The third-order valence-electron chi connectivity index (χ3n) is 17.3. The van der Waals surface area contributed by atoms with Crippen LogP contribution in [-0.2, 0) is 28.5 Å². The van der Waals surface area contributed by atoms with Crippen LogP contribution in [0.1, 0.15) is 208 Å². The summed E-state index contributed by atoms with van der Waals surface area (Å²) in [6.45, 7) is 13.9. The van der Waals surface area contributed by atoms with Crippen LogP contribution >= 0.6 is 22.7 Å². The SMILES string of the molecule is CCCCCCc1cc(-c2sc(C=C(C#N)C(=O)O)cc2CCCCCC)sc1-c1ccc(N(c2ccc3c(c2)C(CCCC)(CCCC)c2ccccc2-3)c2ccc3c(c2)C(CCCC)(CCCC)c2ccccc2-3)cc1. The Labute approximate surface area is 476 Å².